The lowest BCUT2D eigenvalue weighted by atomic mass is 9.92. The van der Waals surface area contributed by atoms with Gasteiger partial charge in [0.2, 0.25) is 0 Å². The summed E-state index contributed by atoms with van der Waals surface area (Å²) >= 11 is 0. The molecule has 1 N–H and O–H groups in total. The number of hydrogen-bond acceptors (Lipinski definition) is 5. The molecule has 1 aromatic heterocycles. The third kappa shape index (κ3) is 3.15. The van der Waals surface area contributed by atoms with Gasteiger partial charge in [0.1, 0.15) is 11.9 Å². The van der Waals surface area contributed by atoms with Gasteiger partial charge in [-0.05, 0) is 49.8 Å². The van der Waals surface area contributed by atoms with Crippen LogP contribution < -0.4 is 5.32 Å². The molecular weight excluding hydrogens is 254 g/mol. The molecule has 0 radical (unpaired) electrons. The SMILES string of the molecule is CCOC(=O)/C(C#N)=C/Nc1nccc2c1CCCC2. The van der Waals surface area contributed by atoms with E-state index < -0.39 is 5.97 Å². The summed E-state index contributed by atoms with van der Waals surface area (Å²) in [7, 11) is 0. The van der Waals surface area contributed by atoms with Gasteiger partial charge in [0.25, 0.3) is 0 Å². The summed E-state index contributed by atoms with van der Waals surface area (Å²) in [4.78, 5) is 15.8. The summed E-state index contributed by atoms with van der Waals surface area (Å²) in [6.45, 7) is 1.95. The first kappa shape index (κ1) is 14.1. The molecule has 0 atom stereocenters. The van der Waals surface area contributed by atoms with Gasteiger partial charge in [0.05, 0.1) is 6.61 Å². The number of nitrogens with zero attached hydrogens (tertiary/aromatic N) is 2. The van der Waals surface area contributed by atoms with Gasteiger partial charge in [0.15, 0.2) is 5.57 Å². The van der Waals surface area contributed by atoms with E-state index in [2.05, 4.69) is 10.3 Å². The maximum Gasteiger partial charge on any atom is 0.350 e. The predicted molar refractivity (Wildman–Crippen MR) is 74.8 cm³/mol. The average Bonchev–Trinajstić information content (AvgIpc) is 2.48. The normalized spacial score (nSPS) is 14.1. The van der Waals surface area contributed by atoms with Crippen molar-refractivity contribution >= 4 is 11.8 Å². The molecule has 0 aliphatic heterocycles. The zero-order valence-corrected chi connectivity index (χ0v) is 11.5. The fourth-order valence-corrected chi connectivity index (χ4v) is 2.27. The maximum atomic E-state index is 11.5. The minimum atomic E-state index is -0.618. The maximum absolute atomic E-state index is 11.5. The Morgan fingerprint density at radius 2 is 2.35 bits per heavy atom. The first-order chi connectivity index (χ1) is 9.76. The van der Waals surface area contributed by atoms with Crippen LogP contribution in [-0.2, 0) is 22.4 Å². The number of hydrogen-bond donors (Lipinski definition) is 1. The zero-order valence-electron chi connectivity index (χ0n) is 11.5. The minimum Gasteiger partial charge on any atom is -0.462 e. The number of nitrogens with one attached hydrogen (secondary N) is 1. The predicted octanol–water partition coefficient (Wildman–Crippen LogP) is 2.34. The third-order valence-electron chi connectivity index (χ3n) is 3.24. The summed E-state index contributed by atoms with van der Waals surface area (Å²) in [5, 5.41) is 11.9. The highest BCUT2D eigenvalue weighted by Gasteiger charge is 2.14. The van der Waals surface area contributed by atoms with Gasteiger partial charge in [-0.3, -0.25) is 0 Å². The molecule has 1 aromatic rings. The lowest BCUT2D eigenvalue weighted by Crippen LogP contribution is -2.10. The van der Waals surface area contributed by atoms with E-state index >= 15 is 0 Å². The smallest absolute Gasteiger partial charge is 0.350 e. The lowest BCUT2D eigenvalue weighted by molar-refractivity contribution is -0.138. The number of carbonyl (C=O) groups excluding carboxylic acids is 1. The summed E-state index contributed by atoms with van der Waals surface area (Å²) in [5.74, 6) is 0.103. The average molecular weight is 271 g/mol. The second kappa shape index (κ2) is 6.71. The van der Waals surface area contributed by atoms with E-state index in [-0.39, 0.29) is 12.2 Å². The topological polar surface area (TPSA) is 75.0 Å². The first-order valence-corrected chi connectivity index (χ1v) is 6.77. The van der Waals surface area contributed by atoms with E-state index in [1.54, 1.807) is 13.1 Å². The highest BCUT2D eigenvalue weighted by atomic mass is 16.5. The highest BCUT2D eigenvalue weighted by molar-refractivity contribution is 5.93. The minimum absolute atomic E-state index is 0.0536. The van der Waals surface area contributed by atoms with E-state index in [0.717, 1.165) is 25.1 Å². The second-order valence-electron chi connectivity index (χ2n) is 4.54. The van der Waals surface area contributed by atoms with Crippen molar-refractivity contribution in [3.05, 3.63) is 35.2 Å². The molecule has 1 aliphatic rings. The lowest BCUT2D eigenvalue weighted by Gasteiger charge is -2.18. The van der Waals surface area contributed by atoms with Crippen molar-refractivity contribution < 1.29 is 9.53 Å². The molecule has 1 heterocycles. The van der Waals surface area contributed by atoms with Gasteiger partial charge in [-0.25, -0.2) is 9.78 Å². The molecular formula is C15H17N3O2. The van der Waals surface area contributed by atoms with E-state index in [1.807, 2.05) is 12.1 Å². The zero-order chi connectivity index (χ0) is 14.4. The summed E-state index contributed by atoms with van der Waals surface area (Å²) < 4.78 is 4.81. The van der Waals surface area contributed by atoms with Crippen molar-refractivity contribution in [3.8, 4) is 6.07 Å². The van der Waals surface area contributed by atoms with Crippen LogP contribution >= 0.6 is 0 Å². The molecule has 2 rings (SSSR count). The Bertz CT molecular complexity index is 573. The molecule has 0 unspecified atom stereocenters. The van der Waals surface area contributed by atoms with Crippen molar-refractivity contribution in [2.75, 3.05) is 11.9 Å². The van der Waals surface area contributed by atoms with E-state index in [1.165, 1.54) is 23.7 Å². The van der Waals surface area contributed by atoms with Gasteiger partial charge in [-0.2, -0.15) is 5.26 Å². The van der Waals surface area contributed by atoms with Gasteiger partial charge >= 0.3 is 5.97 Å². The number of rotatable bonds is 4. The monoisotopic (exact) mass is 271 g/mol. The molecule has 0 spiro atoms. The van der Waals surface area contributed by atoms with Crippen LogP contribution in [0, 0.1) is 11.3 Å². The fourth-order valence-electron chi connectivity index (χ4n) is 2.27. The number of ether oxygens (including phenoxy) is 1. The molecule has 0 aromatic carbocycles. The van der Waals surface area contributed by atoms with Crippen molar-refractivity contribution in [1.29, 1.82) is 5.26 Å². The number of carbonyl (C=O) groups is 1. The van der Waals surface area contributed by atoms with Crippen LogP contribution in [0.4, 0.5) is 5.82 Å². The van der Waals surface area contributed by atoms with Crippen LogP contribution in [0.2, 0.25) is 0 Å². The van der Waals surface area contributed by atoms with Gasteiger partial charge in [-0.1, -0.05) is 0 Å². The van der Waals surface area contributed by atoms with Crippen LogP contribution in [-0.4, -0.2) is 17.6 Å². The first-order valence-electron chi connectivity index (χ1n) is 6.77. The summed E-state index contributed by atoms with van der Waals surface area (Å²) in [6.07, 6.45) is 7.48. The van der Waals surface area contributed by atoms with Crippen LogP contribution in [0.5, 0.6) is 0 Å². The van der Waals surface area contributed by atoms with E-state index in [9.17, 15) is 4.79 Å². The highest BCUT2D eigenvalue weighted by Crippen LogP contribution is 2.26. The molecule has 0 saturated carbocycles. The van der Waals surface area contributed by atoms with Crippen LogP contribution in [0.25, 0.3) is 0 Å². The Hall–Kier alpha value is -2.35. The van der Waals surface area contributed by atoms with Gasteiger partial charge in [0, 0.05) is 12.4 Å². The number of esters is 1. The quantitative estimate of drug-likeness (QED) is 0.517. The van der Waals surface area contributed by atoms with Gasteiger partial charge < -0.3 is 10.1 Å². The van der Waals surface area contributed by atoms with Gasteiger partial charge in [-0.15, -0.1) is 0 Å². The fraction of sp³-hybridized carbons (Fsp3) is 0.400. The molecule has 104 valence electrons. The standard InChI is InChI=1S/C15H17N3O2/c1-2-20-15(19)12(9-16)10-18-14-13-6-4-3-5-11(13)7-8-17-14/h7-8,10H,2-6H2,1H3,(H,17,18)/b12-10+. The molecule has 0 amide bonds. The van der Waals surface area contributed by atoms with Crippen molar-refractivity contribution in [2.24, 2.45) is 0 Å². The number of fused-ring (bicyclic) bond motifs is 1. The summed E-state index contributed by atoms with van der Waals surface area (Å²) in [6, 6.07) is 3.86. The second-order valence-corrected chi connectivity index (χ2v) is 4.54. The Kier molecular flexibility index (Phi) is 4.72. The number of nitriles is 1. The Morgan fingerprint density at radius 1 is 1.55 bits per heavy atom. The molecule has 0 bridgehead atoms. The number of anilines is 1. The number of aromatic nitrogens is 1. The molecule has 5 nitrogen and oxygen atoms in total. The Morgan fingerprint density at radius 3 is 3.10 bits per heavy atom. The molecule has 0 fully saturated rings. The van der Waals surface area contributed by atoms with E-state index in [4.69, 9.17) is 10.00 Å². The number of pyridine rings is 1. The van der Waals surface area contributed by atoms with Crippen LogP contribution in [0.15, 0.2) is 24.0 Å². The van der Waals surface area contributed by atoms with E-state index in [0.29, 0.717) is 0 Å². The number of aryl methyl sites for hydroxylation is 1. The van der Waals surface area contributed by atoms with Crippen LogP contribution in [0.3, 0.4) is 0 Å². The molecule has 20 heavy (non-hydrogen) atoms. The Balaban J connectivity index is 2.18. The molecule has 0 saturated heterocycles. The molecule has 1 aliphatic carbocycles. The largest absolute Gasteiger partial charge is 0.462 e. The van der Waals surface area contributed by atoms with Crippen molar-refractivity contribution in [1.82, 2.24) is 4.98 Å². The van der Waals surface area contributed by atoms with Crippen molar-refractivity contribution in [3.63, 3.8) is 0 Å². The molecule has 5 heteroatoms. The van der Waals surface area contributed by atoms with Crippen LogP contribution in [0.1, 0.15) is 30.9 Å². The summed E-state index contributed by atoms with van der Waals surface area (Å²) in [5.41, 5.74) is 2.41. The third-order valence-corrected chi connectivity index (χ3v) is 3.24. The Labute approximate surface area is 118 Å². The van der Waals surface area contributed by atoms with Crippen molar-refractivity contribution in [2.45, 2.75) is 32.6 Å².